The number of hydrogen-bond donors (Lipinski definition) is 10. The summed E-state index contributed by atoms with van der Waals surface area (Å²) in [5.41, 5.74) is 8.86. The first-order valence-corrected chi connectivity index (χ1v) is 25.9. The number of ketones is 2. The van der Waals surface area contributed by atoms with Crippen LogP contribution < -0.4 is 16.8 Å². The van der Waals surface area contributed by atoms with Crippen molar-refractivity contribution in [2.24, 2.45) is 92.4 Å². The Bertz CT molecular complexity index is 2300. The number of carbonyl (C=O) groups is 3. The summed E-state index contributed by atoms with van der Waals surface area (Å²) in [6.45, 7) is 7.18. The molecule has 15 nitrogen and oxygen atoms in total. The molecule has 1 saturated heterocycles. The number of nitrogens with one attached hydrogen (secondary N) is 2. The Morgan fingerprint density at radius 1 is 1.01 bits per heavy atom. The minimum Gasteiger partial charge on any atom is -0.465 e. The zero-order valence-electron chi connectivity index (χ0n) is 40.9. The quantitative estimate of drug-likeness (QED) is 0.0560. The number of esters is 1. The molecule has 12 N–H and O–H groups in total. The van der Waals surface area contributed by atoms with E-state index in [0.29, 0.717) is 37.2 Å². The van der Waals surface area contributed by atoms with Gasteiger partial charge in [-0.25, -0.2) is 0 Å². The molecule has 0 amide bonds. The van der Waals surface area contributed by atoms with Gasteiger partial charge < -0.3 is 57.1 Å². The Kier molecular flexibility index (Phi) is 13.6. The first kappa shape index (κ1) is 49.9. The summed E-state index contributed by atoms with van der Waals surface area (Å²) in [7, 11) is 0. The average molecular weight is 956 g/mol. The summed E-state index contributed by atoms with van der Waals surface area (Å²) in [6, 6.07) is 1.92. The number of aliphatic imine (C=N–C) groups is 1. The first-order chi connectivity index (χ1) is 32.7. The van der Waals surface area contributed by atoms with E-state index >= 15 is 4.79 Å². The molecule has 2 heterocycles. The Morgan fingerprint density at radius 3 is 2.51 bits per heavy atom. The number of aromatic nitrogens is 1. The van der Waals surface area contributed by atoms with Crippen LogP contribution in [-0.4, -0.2) is 115 Å². The lowest BCUT2D eigenvalue weighted by Gasteiger charge is -2.62. The van der Waals surface area contributed by atoms with Gasteiger partial charge in [-0.3, -0.25) is 19.4 Å². The maximum Gasteiger partial charge on any atom is 0.313 e. The van der Waals surface area contributed by atoms with Crippen LogP contribution in [0.2, 0.25) is 0 Å². The zero-order valence-corrected chi connectivity index (χ0v) is 40.9. The fourth-order valence-electron chi connectivity index (χ4n) is 16.5. The van der Waals surface area contributed by atoms with E-state index in [1.54, 1.807) is 6.92 Å². The van der Waals surface area contributed by atoms with Crippen LogP contribution >= 0.6 is 0 Å². The molecule has 19 atom stereocenters. The number of rotatable bonds is 9. The molecule has 69 heavy (non-hydrogen) atoms. The SMILES string of the molecule is CC(=O)CNC1=C2[C@H](CC[C@]3(CCN=C(N)N)[C@@H]4[C@@H](CC#C[C@@H]([C@@H]5COC(=O)[C@@H]5c5cc[nH]c5)C[C@H]5[C@@H](CC=C6CC[C@@H](C)C[C@@H]65)[C@H](CO)C[C@@H](O)[C@]4(C)O)C[C@@]23O)[C@@]2(C)C[C@H](O)[C@H](O)C[C@H]2C1=O. The second-order valence-corrected chi connectivity index (χ2v) is 23.5. The summed E-state index contributed by atoms with van der Waals surface area (Å²) >= 11 is 0. The van der Waals surface area contributed by atoms with E-state index in [1.165, 1.54) is 12.5 Å². The highest BCUT2D eigenvalue weighted by atomic mass is 16.5. The van der Waals surface area contributed by atoms with Gasteiger partial charge in [0.2, 0.25) is 0 Å². The molecule has 0 bridgehead atoms. The number of carbonyl (C=O) groups excluding carboxylic acids is 3. The van der Waals surface area contributed by atoms with Gasteiger partial charge in [-0.05, 0) is 155 Å². The van der Waals surface area contributed by atoms with Gasteiger partial charge in [0, 0.05) is 61.1 Å². The Balaban J connectivity index is 1.22. The van der Waals surface area contributed by atoms with Gasteiger partial charge in [0.25, 0.3) is 0 Å². The van der Waals surface area contributed by atoms with Crippen LogP contribution in [0.5, 0.6) is 0 Å². The van der Waals surface area contributed by atoms with Crippen molar-refractivity contribution in [2.75, 3.05) is 26.3 Å². The van der Waals surface area contributed by atoms with Gasteiger partial charge in [-0.15, -0.1) is 5.92 Å². The number of Topliss-reactive ketones (excluding diaryl/α,β-unsaturated/α-hetero) is 2. The predicted octanol–water partition coefficient (Wildman–Crippen LogP) is 3.37. The Labute approximate surface area is 406 Å². The normalized spacial score (nSPS) is 45.2. The summed E-state index contributed by atoms with van der Waals surface area (Å²) < 4.78 is 5.88. The van der Waals surface area contributed by atoms with Crippen LogP contribution in [0.1, 0.15) is 123 Å². The van der Waals surface area contributed by atoms with Crippen molar-refractivity contribution in [3.05, 3.63) is 46.9 Å². The topological polar surface area (TPSA) is 274 Å². The van der Waals surface area contributed by atoms with Crippen LogP contribution in [-0.2, 0) is 19.1 Å². The van der Waals surface area contributed by atoms with E-state index in [2.05, 4.69) is 40.1 Å². The minimum atomic E-state index is -1.89. The molecule has 9 rings (SSSR count). The van der Waals surface area contributed by atoms with Crippen molar-refractivity contribution in [3.63, 3.8) is 0 Å². The lowest BCUT2D eigenvalue weighted by molar-refractivity contribution is -0.190. The molecule has 1 aliphatic heterocycles. The van der Waals surface area contributed by atoms with Crippen molar-refractivity contribution >= 4 is 23.5 Å². The summed E-state index contributed by atoms with van der Waals surface area (Å²) in [5.74, 6) is 2.96. The molecule has 378 valence electrons. The third kappa shape index (κ3) is 8.40. The minimum absolute atomic E-state index is 0.0236. The van der Waals surface area contributed by atoms with Crippen molar-refractivity contribution in [2.45, 2.75) is 147 Å². The number of aromatic amines is 1. The van der Waals surface area contributed by atoms with Crippen molar-refractivity contribution < 1.29 is 49.8 Å². The predicted molar refractivity (Wildman–Crippen MR) is 257 cm³/mol. The van der Waals surface area contributed by atoms with Gasteiger partial charge in [0.15, 0.2) is 11.7 Å². The van der Waals surface area contributed by atoms with Crippen LogP contribution in [0.3, 0.4) is 0 Å². The molecule has 1 aromatic rings. The molecule has 0 radical (unpaired) electrons. The van der Waals surface area contributed by atoms with Crippen molar-refractivity contribution in [3.8, 4) is 11.8 Å². The molecule has 0 aromatic carbocycles. The van der Waals surface area contributed by atoms with E-state index in [-0.39, 0.29) is 124 Å². The van der Waals surface area contributed by atoms with Crippen LogP contribution in [0.25, 0.3) is 0 Å². The number of hydrogen-bond acceptors (Lipinski definition) is 12. The summed E-state index contributed by atoms with van der Waals surface area (Å²) in [6.07, 6.45) is 8.26. The number of nitrogens with two attached hydrogens (primary N) is 2. The number of fused-ring (bicyclic) bond motifs is 10. The number of aliphatic hydroxyl groups excluding tert-OH is 4. The van der Waals surface area contributed by atoms with E-state index in [9.17, 15) is 40.2 Å². The van der Waals surface area contributed by atoms with E-state index in [0.717, 1.165) is 24.8 Å². The third-order valence-corrected chi connectivity index (χ3v) is 19.7. The number of aliphatic hydroxyl groups is 6. The molecule has 0 unspecified atom stereocenters. The molecular formula is C54H77N5O10. The number of H-pyrrole nitrogens is 1. The number of ether oxygens (including phenoxy) is 1. The summed E-state index contributed by atoms with van der Waals surface area (Å²) in [5, 5.41) is 77.3. The van der Waals surface area contributed by atoms with Gasteiger partial charge in [0.05, 0.1) is 54.3 Å². The van der Waals surface area contributed by atoms with Crippen LogP contribution in [0.4, 0.5) is 0 Å². The standard InChI is InChI=1S/C54H77N5O10/c1-28-8-9-30-10-11-35-34(26-60)20-43(64)52(4,67)48-32(7-5-6-31(19-37(35)36(30)18-28)38-27-69-49(66)44(38)33-13-16-57-25-33)22-54(68)45-39(12-14-53(48,54)15-17-58-50(55)56)51(3)23-42(63)41(62)21-40(51)47(65)46(45)59-24-29(2)61/h10,13,16,25,28,31-32,34-44,48,57,59-60,62-64,67-68H,7-9,11-12,14-15,17-24,26-27H2,1-4H3,(H4,55,56,58)/t28-,31-,32+,34+,35+,36+,37+,38+,39+,40+,41-,42+,43-,44-,48-,51-,52+,53+,54-/m1/s1. The molecule has 15 heteroatoms. The van der Waals surface area contributed by atoms with E-state index < -0.39 is 75.9 Å². The molecule has 5 fully saturated rings. The van der Waals surface area contributed by atoms with Crippen LogP contribution in [0.15, 0.2) is 46.4 Å². The highest BCUT2D eigenvalue weighted by Crippen LogP contribution is 2.72. The molecule has 0 spiro atoms. The molecule has 4 saturated carbocycles. The average Bonchev–Trinajstić information content (AvgIpc) is 4.02. The molecule has 1 aromatic heterocycles. The molecular weight excluding hydrogens is 879 g/mol. The fraction of sp³-hybridized carbons (Fsp3) is 0.741. The maximum absolute atomic E-state index is 15.0. The number of nitrogens with zero attached hydrogens (tertiary/aromatic N) is 1. The second kappa shape index (κ2) is 18.9. The summed E-state index contributed by atoms with van der Waals surface area (Å²) in [4.78, 5) is 48.9. The van der Waals surface area contributed by atoms with Gasteiger partial charge >= 0.3 is 5.97 Å². The van der Waals surface area contributed by atoms with Gasteiger partial charge in [-0.1, -0.05) is 31.4 Å². The van der Waals surface area contributed by atoms with Crippen LogP contribution in [0, 0.1) is 87.8 Å². The van der Waals surface area contributed by atoms with E-state index in [1.807, 2.05) is 25.4 Å². The highest BCUT2D eigenvalue weighted by molar-refractivity contribution is 6.00. The van der Waals surface area contributed by atoms with Gasteiger partial charge in [0.1, 0.15) is 5.78 Å². The lowest BCUT2D eigenvalue weighted by atomic mass is 9.44. The Morgan fingerprint density at radius 2 is 1.80 bits per heavy atom. The second-order valence-electron chi connectivity index (χ2n) is 23.5. The number of guanidine groups is 1. The molecule has 7 aliphatic carbocycles. The monoisotopic (exact) mass is 956 g/mol. The smallest absolute Gasteiger partial charge is 0.313 e. The maximum atomic E-state index is 15.0. The Hall–Kier alpha value is -4.04. The highest BCUT2D eigenvalue weighted by Gasteiger charge is 2.74. The molecule has 8 aliphatic rings. The largest absolute Gasteiger partial charge is 0.465 e. The van der Waals surface area contributed by atoms with Gasteiger partial charge in [-0.2, -0.15) is 0 Å². The first-order valence-electron chi connectivity index (χ1n) is 25.9. The fourth-order valence-corrected chi connectivity index (χ4v) is 16.5. The van der Waals surface area contributed by atoms with Crippen molar-refractivity contribution in [1.82, 2.24) is 10.3 Å². The number of cyclic esters (lactones) is 1. The van der Waals surface area contributed by atoms with Crippen molar-refractivity contribution in [1.29, 1.82) is 0 Å². The number of allylic oxidation sites excluding steroid dienone is 3. The lowest BCUT2D eigenvalue weighted by Crippen LogP contribution is -2.65. The third-order valence-electron chi connectivity index (χ3n) is 19.7. The zero-order chi connectivity index (χ0) is 49.4. The van der Waals surface area contributed by atoms with E-state index in [4.69, 9.17) is 16.2 Å².